The smallest absolute Gasteiger partial charge is 0.255 e. The van der Waals surface area contributed by atoms with Crippen molar-refractivity contribution in [2.75, 3.05) is 18.0 Å². The maximum Gasteiger partial charge on any atom is 0.255 e. The number of carbonyl (C=O) groups excluding carboxylic acids is 1. The molecule has 1 aliphatic heterocycles. The molecule has 1 aliphatic rings. The average Bonchev–Trinajstić information content (AvgIpc) is 3.02. The summed E-state index contributed by atoms with van der Waals surface area (Å²) in [6.07, 6.45) is 5.47. The quantitative estimate of drug-likeness (QED) is 0.907. The molecular formula is C21H30N4O. The number of nitrogens with zero attached hydrogens (tertiary/aromatic N) is 3. The number of carbonyl (C=O) groups is 1. The van der Waals surface area contributed by atoms with Gasteiger partial charge >= 0.3 is 0 Å². The number of piperidine rings is 1. The van der Waals surface area contributed by atoms with Crippen LogP contribution in [0.1, 0.15) is 61.6 Å². The maximum absolute atomic E-state index is 12.7. The van der Waals surface area contributed by atoms with Gasteiger partial charge < -0.3 is 10.2 Å². The van der Waals surface area contributed by atoms with Gasteiger partial charge in [-0.15, -0.1) is 0 Å². The van der Waals surface area contributed by atoms with Crippen molar-refractivity contribution in [1.82, 2.24) is 15.1 Å². The summed E-state index contributed by atoms with van der Waals surface area (Å²) in [5, 5.41) is 7.48. The van der Waals surface area contributed by atoms with Gasteiger partial charge in [0.05, 0.1) is 17.3 Å². The van der Waals surface area contributed by atoms with Crippen LogP contribution in [0.2, 0.25) is 0 Å². The van der Waals surface area contributed by atoms with E-state index in [9.17, 15) is 4.79 Å². The van der Waals surface area contributed by atoms with E-state index in [1.165, 1.54) is 30.5 Å². The maximum atomic E-state index is 12.7. The summed E-state index contributed by atoms with van der Waals surface area (Å²) < 4.78 is 1.91. The predicted octanol–water partition coefficient (Wildman–Crippen LogP) is 3.87. The second kappa shape index (κ2) is 7.52. The Bertz CT molecular complexity index is 767. The highest BCUT2D eigenvalue weighted by molar-refractivity contribution is 5.95. The fraction of sp³-hybridized carbons (Fsp3) is 0.524. The lowest BCUT2D eigenvalue weighted by Crippen LogP contribution is -2.31. The minimum atomic E-state index is -0.135. The molecule has 1 N–H and O–H groups in total. The minimum absolute atomic E-state index is 0.0635. The SMILES string of the molecule is Cc1c(C(=O)NCc2ccccc2N2CCCCC2)cnn1C(C)(C)C. The standard InChI is InChI=1S/C21H30N4O/c1-16-18(15-23-25(16)21(2,3)4)20(26)22-14-17-10-6-7-11-19(17)24-12-8-5-9-13-24/h6-7,10-11,15H,5,8-9,12-14H2,1-4H3,(H,22,26). The molecule has 3 rings (SSSR count). The largest absolute Gasteiger partial charge is 0.371 e. The average molecular weight is 354 g/mol. The van der Waals surface area contributed by atoms with E-state index >= 15 is 0 Å². The fourth-order valence-electron chi connectivity index (χ4n) is 3.68. The molecule has 0 saturated carbocycles. The van der Waals surface area contributed by atoms with Crippen molar-refractivity contribution >= 4 is 11.6 Å². The summed E-state index contributed by atoms with van der Waals surface area (Å²) in [6, 6.07) is 8.38. The number of aromatic nitrogens is 2. The number of anilines is 1. The zero-order chi connectivity index (χ0) is 18.7. The summed E-state index contributed by atoms with van der Waals surface area (Å²) in [5.74, 6) is -0.0635. The molecule has 1 amide bonds. The van der Waals surface area contributed by atoms with Gasteiger partial charge in [-0.25, -0.2) is 0 Å². The van der Waals surface area contributed by atoms with Crippen LogP contribution in [0.3, 0.4) is 0 Å². The molecule has 26 heavy (non-hydrogen) atoms. The van der Waals surface area contributed by atoms with Gasteiger partial charge in [0.2, 0.25) is 0 Å². The zero-order valence-corrected chi connectivity index (χ0v) is 16.4. The molecule has 2 aromatic rings. The second-order valence-electron chi connectivity index (χ2n) is 8.09. The van der Waals surface area contributed by atoms with Gasteiger partial charge in [0.25, 0.3) is 5.91 Å². The lowest BCUT2D eigenvalue weighted by atomic mass is 10.1. The summed E-state index contributed by atoms with van der Waals surface area (Å²) >= 11 is 0. The van der Waals surface area contributed by atoms with Crippen LogP contribution < -0.4 is 10.2 Å². The number of benzene rings is 1. The van der Waals surface area contributed by atoms with Crippen LogP contribution in [0.25, 0.3) is 0 Å². The number of para-hydroxylation sites is 1. The molecule has 5 heteroatoms. The van der Waals surface area contributed by atoms with E-state index in [0.717, 1.165) is 18.8 Å². The summed E-state index contributed by atoms with van der Waals surface area (Å²) in [5.41, 5.74) is 3.83. The predicted molar refractivity (Wildman–Crippen MR) is 106 cm³/mol. The van der Waals surface area contributed by atoms with Gasteiger partial charge in [-0.3, -0.25) is 9.48 Å². The Morgan fingerprint density at radius 1 is 1.15 bits per heavy atom. The number of nitrogens with one attached hydrogen (secondary N) is 1. The van der Waals surface area contributed by atoms with Crippen molar-refractivity contribution in [3.05, 3.63) is 47.3 Å². The van der Waals surface area contributed by atoms with E-state index in [1.54, 1.807) is 6.20 Å². The molecule has 5 nitrogen and oxygen atoms in total. The molecule has 0 unspecified atom stereocenters. The monoisotopic (exact) mass is 354 g/mol. The van der Waals surface area contributed by atoms with Crippen LogP contribution in [0.4, 0.5) is 5.69 Å². The Morgan fingerprint density at radius 2 is 1.85 bits per heavy atom. The van der Waals surface area contributed by atoms with Crippen LogP contribution in [-0.4, -0.2) is 28.8 Å². The van der Waals surface area contributed by atoms with Crippen molar-refractivity contribution in [2.24, 2.45) is 0 Å². The van der Waals surface area contributed by atoms with E-state index < -0.39 is 0 Å². The van der Waals surface area contributed by atoms with Crippen molar-refractivity contribution in [2.45, 2.75) is 59.0 Å². The zero-order valence-electron chi connectivity index (χ0n) is 16.4. The Hall–Kier alpha value is -2.30. The molecule has 0 atom stereocenters. The highest BCUT2D eigenvalue weighted by Crippen LogP contribution is 2.24. The van der Waals surface area contributed by atoms with E-state index in [-0.39, 0.29) is 11.4 Å². The third-order valence-corrected chi connectivity index (χ3v) is 5.02. The summed E-state index contributed by atoms with van der Waals surface area (Å²) in [4.78, 5) is 15.1. The normalized spacial score (nSPS) is 15.2. The van der Waals surface area contributed by atoms with Crippen LogP contribution in [0.5, 0.6) is 0 Å². The van der Waals surface area contributed by atoms with E-state index in [4.69, 9.17) is 0 Å². The van der Waals surface area contributed by atoms with Crippen LogP contribution >= 0.6 is 0 Å². The molecule has 1 fully saturated rings. The number of rotatable bonds is 4. The summed E-state index contributed by atoms with van der Waals surface area (Å²) in [7, 11) is 0. The van der Waals surface area contributed by atoms with Crippen molar-refractivity contribution in [1.29, 1.82) is 0 Å². The van der Waals surface area contributed by atoms with E-state index in [1.807, 2.05) is 17.7 Å². The molecule has 2 heterocycles. The molecule has 1 aromatic carbocycles. The molecule has 0 radical (unpaired) electrons. The third-order valence-electron chi connectivity index (χ3n) is 5.02. The van der Waals surface area contributed by atoms with Gasteiger partial charge in [0.15, 0.2) is 0 Å². The number of hydrogen-bond donors (Lipinski definition) is 1. The Morgan fingerprint density at radius 3 is 2.50 bits per heavy atom. The fourth-order valence-corrected chi connectivity index (χ4v) is 3.68. The first-order chi connectivity index (χ1) is 12.4. The summed E-state index contributed by atoms with van der Waals surface area (Å²) in [6.45, 7) is 10.9. The number of hydrogen-bond acceptors (Lipinski definition) is 3. The molecular weight excluding hydrogens is 324 g/mol. The van der Waals surface area contributed by atoms with Crippen LogP contribution in [0.15, 0.2) is 30.5 Å². The molecule has 1 aromatic heterocycles. The van der Waals surface area contributed by atoms with Gasteiger partial charge in [0, 0.05) is 31.0 Å². The third kappa shape index (κ3) is 3.92. The van der Waals surface area contributed by atoms with Gasteiger partial charge in [0.1, 0.15) is 0 Å². The van der Waals surface area contributed by atoms with Crippen LogP contribution in [0, 0.1) is 6.92 Å². The van der Waals surface area contributed by atoms with Crippen molar-refractivity contribution in [3.8, 4) is 0 Å². The van der Waals surface area contributed by atoms with Gasteiger partial charge in [-0.05, 0) is 58.6 Å². The first kappa shape index (κ1) is 18.5. The van der Waals surface area contributed by atoms with Crippen LogP contribution in [-0.2, 0) is 12.1 Å². The molecule has 0 aliphatic carbocycles. The van der Waals surface area contributed by atoms with E-state index in [2.05, 4.69) is 54.3 Å². The highest BCUT2D eigenvalue weighted by atomic mass is 16.1. The molecule has 0 spiro atoms. The molecule has 0 bridgehead atoms. The second-order valence-corrected chi connectivity index (χ2v) is 8.09. The van der Waals surface area contributed by atoms with E-state index in [0.29, 0.717) is 12.1 Å². The number of amides is 1. The van der Waals surface area contributed by atoms with Crippen molar-refractivity contribution in [3.63, 3.8) is 0 Å². The van der Waals surface area contributed by atoms with Gasteiger partial charge in [-0.2, -0.15) is 5.10 Å². The minimum Gasteiger partial charge on any atom is -0.371 e. The Labute approximate surface area is 156 Å². The lowest BCUT2D eigenvalue weighted by molar-refractivity contribution is 0.0950. The topological polar surface area (TPSA) is 50.2 Å². The van der Waals surface area contributed by atoms with Crippen molar-refractivity contribution < 1.29 is 4.79 Å². The molecule has 140 valence electrons. The molecule has 1 saturated heterocycles. The Balaban J connectivity index is 1.72. The Kier molecular flexibility index (Phi) is 5.35. The highest BCUT2D eigenvalue weighted by Gasteiger charge is 2.21. The first-order valence-electron chi connectivity index (χ1n) is 9.54. The van der Waals surface area contributed by atoms with Gasteiger partial charge in [-0.1, -0.05) is 18.2 Å². The first-order valence-corrected chi connectivity index (χ1v) is 9.54. The lowest BCUT2D eigenvalue weighted by Gasteiger charge is -2.30.